The minimum Gasteiger partial charge on any atom is -0.396 e. The molecule has 0 spiro atoms. The van der Waals surface area contributed by atoms with Crippen LogP contribution >= 0.6 is 0 Å². The van der Waals surface area contributed by atoms with E-state index in [1.807, 2.05) is 6.08 Å². The predicted octanol–water partition coefficient (Wildman–Crippen LogP) is 3.88. The zero-order valence-corrected chi connectivity index (χ0v) is 14.9. The van der Waals surface area contributed by atoms with Gasteiger partial charge < -0.3 is 5.11 Å². The molecule has 0 aromatic heterocycles. The molecule has 3 nitrogen and oxygen atoms in total. The number of hydrogen-bond donors (Lipinski definition) is 1. The van der Waals surface area contributed by atoms with Gasteiger partial charge in [-0.2, -0.15) is 5.26 Å². The molecule has 3 saturated carbocycles. The first-order chi connectivity index (χ1) is 11.4. The summed E-state index contributed by atoms with van der Waals surface area (Å²) in [4.78, 5) is 11.9. The van der Waals surface area contributed by atoms with Crippen molar-refractivity contribution in [3.63, 3.8) is 0 Å². The van der Waals surface area contributed by atoms with Crippen LogP contribution in [0.5, 0.6) is 0 Å². The van der Waals surface area contributed by atoms with Crippen LogP contribution in [0.3, 0.4) is 0 Å². The molecule has 0 aliphatic heterocycles. The summed E-state index contributed by atoms with van der Waals surface area (Å²) in [5.41, 5.74) is 1.17. The molecule has 0 aromatic rings. The van der Waals surface area contributed by atoms with Gasteiger partial charge in [0.1, 0.15) is 0 Å². The van der Waals surface area contributed by atoms with Crippen molar-refractivity contribution < 1.29 is 9.90 Å². The predicted molar refractivity (Wildman–Crippen MR) is 91.8 cm³/mol. The quantitative estimate of drug-likeness (QED) is 0.795. The summed E-state index contributed by atoms with van der Waals surface area (Å²) in [5, 5.41) is 19.8. The van der Waals surface area contributed by atoms with Crippen molar-refractivity contribution in [2.75, 3.05) is 6.61 Å². The standard InChI is InChI=1S/C21H29NO2/c1-20(12-22)7-6-19-18-9-13(11-23)17-10-14(24)3-4-15(17)16(18)5-8-21(19,20)2/h10,13,15-16,18-19,23H,3-9,11H2,1-2H3/t13-,15-,16-,18-,19+,20-,21+/m1/s1. The van der Waals surface area contributed by atoms with Gasteiger partial charge >= 0.3 is 0 Å². The molecule has 4 aliphatic rings. The second kappa shape index (κ2) is 5.43. The van der Waals surface area contributed by atoms with E-state index in [0.717, 1.165) is 32.1 Å². The average Bonchev–Trinajstić information content (AvgIpc) is 2.86. The third-order valence-electron chi connectivity index (χ3n) is 8.57. The molecule has 0 aromatic carbocycles. The molecule has 3 heteroatoms. The number of nitrogens with zero attached hydrogens (tertiary/aromatic N) is 1. The van der Waals surface area contributed by atoms with Crippen molar-refractivity contribution in [1.29, 1.82) is 5.26 Å². The number of carbonyl (C=O) groups is 1. The van der Waals surface area contributed by atoms with E-state index in [4.69, 9.17) is 0 Å². The number of carbonyl (C=O) groups excluding carboxylic acids is 1. The summed E-state index contributed by atoms with van der Waals surface area (Å²) in [6.45, 7) is 4.69. The maximum atomic E-state index is 11.9. The van der Waals surface area contributed by atoms with Gasteiger partial charge in [-0.3, -0.25) is 4.79 Å². The van der Waals surface area contributed by atoms with E-state index in [9.17, 15) is 15.2 Å². The molecular weight excluding hydrogens is 298 g/mol. The molecule has 0 saturated heterocycles. The first-order valence-corrected chi connectivity index (χ1v) is 9.70. The van der Waals surface area contributed by atoms with E-state index in [1.165, 1.54) is 12.0 Å². The average molecular weight is 327 g/mol. The third kappa shape index (κ3) is 2.02. The summed E-state index contributed by atoms with van der Waals surface area (Å²) < 4.78 is 0. The van der Waals surface area contributed by atoms with Crippen molar-refractivity contribution >= 4 is 5.78 Å². The highest BCUT2D eigenvalue weighted by molar-refractivity contribution is 5.91. The topological polar surface area (TPSA) is 61.1 Å². The maximum Gasteiger partial charge on any atom is 0.155 e. The highest BCUT2D eigenvalue weighted by Gasteiger charge is 2.61. The monoisotopic (exact) mass is 327 g/mol. The van der Waals surface area contributed by atoms with Crippen LogP contribution in [0.25, 0.3) is 0 Å². The van der Waals surface area contributed by atoms with Gasteiger partial charge in [0.25, 0.3) is 0 Å². The van der Waals surface area contributed by atoms with Crippen molar-refractivity contribution in [3.8, 4) is 6.07 Å². The first-order valence-electron chi connectivity index (χ1n) is 9.70. The molecule has 0 amide bonds. The van der Waals surface area contributed by atoms with Gasteiger partial charge in [-0.05, 0) is 80.6 Å². The van der Waals surface area contributed by atoms with Crippen molar-refractivity contribution in [2.45, 2.75) is 58.8 Å². The summed E-state index contributed by atoms with van der Waals surface area (Å²) in [6, 6.07) is 2.66. The fraction of sp³-hybridized carbons (Fsp3) is 0.810. The molecule has 3 fully saturated rings. The molecule has 0 unspecified atom stereocenters. The molecular formula is C21H29NO2. The van der Waals surface area contributed by atoms with E-state index >= 15 is 0 Å². The second-order valence-electron chi connectivity index (χ2n) is 9.24. The number of ketones is 1. The summed E-state index contributed by atoms with van der Waals surface area (Å²) in [6.07, 6.45) is 9.03. The number of hydrogen-bond acceptors (Lipinski definition) is 3. The Labute approximate surface area is 145 Å². The van der Waals surface area contributed by atoms with Crippen LogP contribution in [0, 0.1) is 51.8 Å². The van der Waals surface area contributed by atoms with Crippen molar-refractivity contribution in [2.24, 2.45) is 40.4 Å². The van der Waals surface area contributed by atoms with Crippen molar-refractivity contribution in [3.05, 3.63) is 11.6 Å². The Morgan fingerprint density at radius 3 is 2.75 bits per heavy atom. The Hall–Kier alpha value is -1.14. The molecule has 7 atom stereocenters. The largest absolute Gasteiger partial charge is 0.396 e. The highest BCUT2D eigenvalue weighted by Crippen LogP contribution is 2.68. The van der Waals surface area contributed by atoms with Gasteiger partial charge in [-0.25, -0.2) is 0 Å². The first kappa shape index (κ1) is 16.3. The smallest absolute Gasteiger partial charge is 0.155 e. The van der Waals surface area contributed by atoms with Crippen LogP contribution in [0.2, 0.25) is 0 Å². The Kier molecular flexibility index (Phi) is 3.69. The molecule has 0 heterocycles. The molecule has 24 heavy (non-hydrogen) atoms. The lowest BCUT2D eigenvalue weighted by atomic mass is 9.48. The Morgan fingerprint density at radius 1 is 1.25 bits per heavy atom. The fourth-order valence-electron chi connectivity index (χ4n) is 6.96. The molecule has 1 N–H and O–H groups in total. The van der Waals surface area contributed by atoms with Gasteiger partial charge in [-0.1, -0.05) is 12.5 Å². The van der Waals surface area contributed by atoms with E-state index in [0.29, 0.717) is 30.1 Å². The van der Waals surface area contributed by atoms with Crippen LogP contribution in [0.15, 0.2) is 11.6 Å². The number of fused-ring (bicyclic) bond motifs is 5. The fourth-order valence-corrected chi connectivity index (χ4v) is 6.96. The minimum absolute atomic E-state index is 0.120. The summed E-state index contributed by atoms with van der Waals surface area (Å²) in [7, 11) is 0. The van der Waals surface area contributed by atoms with E-state index in [1.54, 1.807) is 0 Å². The van der Waals surface area contributed by atoms with Gasteiger partial charge in [-0.15, -0.1) is 0 Å². The van der Waals surface area contributed by atoms with Gasteiger partial charge in [0.2, 0.25) is 0 Å². The van der Waals surface area contributed by atoms with Crippen LogP contribution in [0.1, 0.15) is 58.8 Å². The molecule has 4 rings (SSSR count). The van der Waals surface area contributed by atoms with E-state index in [2.05, 4.69) is 19.9 Å². The maximum absolute atomic E-state index is 11.9. The lowest BCUT2D eigenvalue weighted by Gasteiger charge is -2.56. The highest BCUT2D eigenvalue weighted by atomic mass is 16.3. The zero-order valence-electron chi connectivity index (χ0n) is 14.9. The molecule has 4 aliphatic carbocycles. The third-order valence-corrected chi connectivity index (χ3v) is 8.57. The van der Waals surface area contributed by atoms with E-state index in [-0.39, 0.29) is 29.1 Å². The number of rotatable bonds is 1. The number of aliphatic hydroxyl groups excluding tert-OH is 1. The Balaban J connectivity index is 1.70. The Bertz CT molecular complexity index is 632. The zero-order chi connectivity index (χ0) is 17.1. The van der Waals surface area contributed by atoms with Gasteiger partial charge in [0, 0.05) is 18.9 Å². The summed E-state index contributed by atoms with van der Waals surface area (Å²) in [5.74, 6) is 2.79. The Morgan fingerprint density at radius 2 is 2.04 bits per heavy atom. The molecule has 0 radical (unpaired) electrons. The SMILES string of the molecule is C[C@]1(C#N)CC[C@H]2[C@@H]3C[C@H](CO)C4=CC(=O)CC[C@@H]4[C@H]3CC[C@@]21C. The minimum atomic E-state index is -0.198. The van der Waals surface area contributed by atoms with Crippen LogP contribution < -0.4 is 0 Å². The van der Waals surface area contributed by atoms with Crippen LogP contribution in [-0.4, -0.2) is 17.5 Å². The molecule has 130 valence electrons. The van der Waals surface area contributed by atoms with Crippen LogP contribution in [0.4, 0.5) is 0 Å². The van der Waals surface area contributed by atoms with E-state index < -0.39 is 0 Å². The molecule has 0 bridgehead atoms. The van der Waals surface area contributed by atoms with Gasteiger partial charge in [0.15, 0.2) is 5.78 Å². The van der Waals surface area contributed by atoms with Crippen molar-refractivity contribution in [1.82, 2.24) is 0 Å². The van der Waals surface area contributed by atoms with Crippen LogP contribution in [-0.2, 0) is 4.79 Å². The lowest BCUT2D eigenvalue weighted by molar-refractivity contribution is -0.116. The lowest BCUT2D eigenvalue weighted by Crippen LogP contribution is -2.50. The summed E-state index contributed by atoms with van der Waals surface area (Å²) >= 11 is 0. The van der Waals surface area contributed by atoms with Gasteiger partial charge in [0.05, 0.1) is 11.5 Å². The number of nitriles is 1. The number of aliphatic hydroxyl groups is 1. The normalized spacial score (nSPS) is 50.3. The second-order valence-corrected chi connectivity index (χ2v) is 9.24.